The minimum absolute atomic E-state index is 0.292. The molecule has 0 aliphatic carbocycles. The summed E-state index contributed by atoms with van der Waals surface area (Å²) in [5.41, 5.74) is 0. The van der Waals surface area contributed by atoms with Crippen molar-refractivity contribution in [3.8, 4) is 0 Å². The average Bonchev–Trinajstić information content (AvgIpc) is 1.89. The Bertz CT molecular complexity index is 161. The van der Waals surface area contributed by atoms with Gasteiger partial charge in [-0.3, -0.25) is 0 Å². The molecule has 0 heterocycles. The predicted octanol–water partition coefficient (Wildman–Crippen LogP) is 1.53. The fourth-order valence-corrected chi connectivity index (χ4v) is 0.790. The Balaban J connectivity index is 3.66. The zero-order chi connectivity index (χ0) is 7.82. The van der Waals surface area contributed by atoms with Crippen LogP contribution in [0.1, 0.15) is 13.8 Å². The molecule has 0 bridgehead atoms. The van der Waals surface area contributed by atoms with Gasteiger partial charge in [0.2, 0.25) is 0 Å². The van der Waals surface area contributed by atoms with Crippen LogP contribution in [0.2, 0.25) is 0 Å². The van der Waals surface area contributed by atoms with E-state index in [2.05, 4.69) is 14.9 Å². The SMILES string of the molecule is CCN=C=[SH]C(=O)OCC. The summed E-state index contributed by atoms with van der Waals surface area (Å²) >= 11 is 0.395. The van der Waals surface area contributed by atoms with Crippen LogP contribution in [0.3, 0.4) is 0 Å². The average molecular weight is 161 g/mol. The van der Waals surface area contributed by atoms with Gasteiger partial charge in [0.05, 0.1) is 6.61 Å². The first-order valence-corrected chi connectivity index (χ1v) is 3.99. The minimum Gasteiger partial charge on any atom is -0.458 e. The van der Waals surface area contributed by atoms with Crippen molar-refractivity contribution in [3.05, 3.63) is 0 Å². The first-order valence-electron chi connectivity index (χ1n) is 3.10. The lowest BCUT2D eigenvalue weighted by Gasteiger charge is -1.90. The molecule has 3 nitrogen and oxygen atoms in total. The van der Waals surface area contributed by atoms with E-state index < -0.39 is 0 Å². The molecule has 0 unspecified atom stereocenters. The third-order valence-electron chi connectivity index (χ3n) is 0.638. The van der Waals surface area contributed by atoms with Gasteiger partial charge in [0, 0.05) is 11.7 Å². The van der Waals surface area contributed by atoms with Crippen molar-refractivity contribution in [2.45, 2.75) is 13.8 Å². The van der Waals surface area contributed by atoms with Gasteiger partial charge in [-0.15, -0.1) is 0 Å². The number of thiol groups is 1. The van der Waals surface area contributed by atoms with Crippen LogP contribution in [0.4, 0.5) is 4.79 Å². The molecule has 0 N–H and O–H groups in total. The summed E-state index contributed by atoms with van der Waals surface area (Å²) < 4.78 is 4.61. The van der Waals surface area contributed by atoms with E-state index in [-0.39, 0.29) is 5.30 Å². The van der Waals surface area contributed by atoms with Gasteiger partial charge in [-0.1, -0.05) is 0 Å². The predicted molar refractivity (Wildman–Crippen MR) is 44.0 cm³/mol. The van der Waals surface area contributed by atoms with E-state index in [4.69, 9.17) is 0 Å². The highest BCUT2D eigenvalue weighted by Gasteiger charge is 1.89. The molecular weight excluding hydrogens is 150 g/mol. The molecule has 58 valence electrons. The maximum atomic E-state index is 10.6. The largest absolute Gasteiger partial charge is 0.458 e. The van der Waals surface area contributed by atoms with Crippen molar-refractivity contribution in [2.75, 3.05) is 13.2 Å². The molecule has 0 saturated heterocycles. The Morgan fingerprint density at radius 2 is 2.40 bits per heavy atom. The van der Waals surface area contributed by atoms with Gasteiger partial charge in [0.1, 0.15) is 0 Å². The molecule has 0 aliphatic heterocycles. The number of nitrogens with zero attached hydrogens (tertiary/aromatic N) is 1. The Hall–Kier alpha value is -0.600. The molecule has 0 atom stereocenters. The monoisotopic (exact) mass is 161 g/mol. The lowest BCUT2D eigenvalue weighted by Crippen LogP contribution is -1.92. The highest BCUT2D eigenvalue weighted by atomic mass is 32.1. The normalized spacial score (nSPS) is 8.20. The summed E-state index contributed by atoms with van der Waals surface area (Å²) in [5, 5.41) is 2.25. The molecule has 0 radical (unpaired) electrons. The number of hydrogen-bond acceptors (Lipinski definition) is 3. The van der Waals surface area contributed by atoms with Gasteiger partial charge in [0.15, 0.2) is 0 Å². The van der Waals surface area contributed by atoms with E-state index in [0.29, 0.717) is 24.5 Å². The Morgan fingerprint density at radius 3 is 2.90 bits per heavy atom. The third kappa shape index (κ3) is 5.54. The fraction of sp³-hybridized carbons (Fsp3) is 0.667. The molecule has 0 amide bonds. The molecule has 0 saturated carbocycles. The number of aliphatic imine (C=N–C) groups is 1. The van der Waals surface area contributed by atoms with Crippen LogP contribution in [0.25, 0.3) is 0 Å². The van der Waals surface area contributed by atoms with E-state index in [0.717, 1.165) is 0 Å². The number of carbonyl (C=O) groups is 1. The van der Waals surface area contributed by atoms with E-state index in [1.165, 1.54) is 0 Å². The smallest absolute Gasteiger partial charge is 0.367 e. The van der Waals surface area contributed by atoms with Gasteiger partial charge < -0.3 is 4.74 Å². The van der Waals surface area contributed by atoms with Gasteiger partial charge in [-0.05, 0) is 25.2 Å². The Labute approximate surface area is 64.1 Å². The lowest BCUT2D eigenvalue weighted by atomic mass is 10.8. The number of ether oxygens (including phenoxy) is 1. The number of rotatable bonds is 2. The van der Waals surface area contributed by atoms with Crippen LogP contribution in [0.15, 0.2) is 4.99 Å². The highest BCUT2D eigenvalue weighted by Crippen LogP contribution is 1.90. The Morgan fingerprint density at radius 1 is 1.70 bits per heavy atom. The first kappa shape index (κ1) is 9.40. The second kappa shape index (κ2) is 6.52. The molecule has 0 aliphatic rings. The second-order valence-electron chi connectivity index (χ2n) is 1.39. The fourth-order valence-electron chi connectivity index (χ4n) is 0.303. The van der Waals surface area contributed by atoms with E-state index >= 15 is 0 Å². The second-order valence-corrected chi connectivity index (χ2v) is 2.17. The first-order chi connectivity index (χ1) is 4.81. The standard InChI is InChI=1S/C6H11NO2S/c1-3-7-5-10-6(8)9-4-2/h10H,3-4H2,1-2H3. The molecular formula is C6H11NO2S. The molecule has 0 aromatic carbocycles. The molecule has 0 fully saturated rings. The van der Waals surface area contributed by atoms with Gasteiger partial charge in [-0.25, -0.2) is 9.79 Å². The topological polar surface area (TPSA) is 38.7 Å². The molecule has 10 heavy (non-hydrogen) atoms. The lowest BCUT2D eigenvalue weighted by molar-refractivity contribution is 0.182. The van der Waals surface area contributed by atoms with E-state index in [9.17, 15) is 4.79 Å². The molecule has 0 aromatic heterocycles. The van der Waals surface area contributed by atoms with Crippen molar-refractivity contribution in [2.24, 2.45) is 4.99 Å². The van der Waals surface area contributed by atoms with Crippen LogP contribution in [0, 0.1) is 0 Å². The summed E-state index contributed by atoms with van der Waals surface area (Å²) in [6.07, 6.45) is 0. The Kier molecular flexibility index (Phi) is 6.13. The quantitative estimate of drug-likeness (QED) is 0.289. The summed E-state index contributed by atoms with van der Waals surface area (Å²) in [4.78, 5) is 14.3. The highest BCUT2D eigenvalue weighted by molar-refractivity contribution is 8.10. The third-order valence-corrected chi connectivity index (χ3v) is 1.19. The maximum absolute atomic E-state index is 10.6. The molecule has 0 spiro atoms. The van der Waals surface area contributed by atoms with E-state index in [1.54, 1.807) is 6.92 Å². The van der Waals surface area contributed by atoms with Crippen LogP contribution >= 0.6 is 11.4 Å². The number of carbonyl (C=O) groups excluding carboxylic acids is 1. The summed E-state index contributed by atoms with van der Waals surface area (Å²) in [7, 11) is 0. The molecule has 4 heteroatoms. The van der Waals surface area contributed by atoms with Crippen LogP contribution in [-0.4, -0.2) is 23.6 Å². The van der Waals surface area contributed by atoms with Gasteiger partial charge in [0.25, 0.3) is 0 Å². The molecule has 0 rings (SSSR count). The summed E-state index contributed by atoms with van der Waals surface area (Å²) in [5.74, 6) is 0. The number of isothiocyanates is 1. The van der Waals surface area contributed by atoms with Crippen LogP contribution in [-0.2, 0) is 4.74 Å². The molecule has 0 aromatic rings. The summed E-state index contributed by atoms with van der Waals surface area (Å²) in [6, 6.07) is 0. The van der Waals surface area contributed by atoms with E-state index in [1.807, 2.05) is 6.92 Å². The van der Waals surface area contributed by atoms with Crippen LogP contribution < -0.4 is 0 Å². The zero-order valence-electron chi connectivity index (χ0n) is 6.13. The van der Waals surface area contributed by atoms with Crippen molar-refractivity contribution >= 4 is 21.8 Å². The number of hydrogen-bond donors (Lipinski definition) is 1. The maximum Gasteiger partial charge on any atom is 0.367 e. The van der Waals surface area contributed by atoms with Crippen molar-refractivity contribution < 1.29 is 9.53 Å². The van der Waals surface area contributed by atoms with Crippen molar-refractivity contribution in [1.82, 2.24) is 0 Å². The zero-order valence-corrected chi connectivity index (χ0v) is 7.02. The van der Waals surface area contributed by atoms with Gasteiger partial charge >= 0.3 is 5.30 Å². The van der Waals surface area contributed by atoms with Gasteiger partial charge in [-0.2, -0.15) is 0 Å². The van der Waals surface area contributed by atoms with Crippen molar-refractivity contribution in [3.63, 3.8) is 0 Å². The van der Waals surface area contributed by atoms with Crippen LogP contribution in [0.5, 0.6) is 0 Å². The summed E-state index contributed by atoms with van der Waals surface area (Å²) in [6.45, 7) is 4.73. The minimum atomic E-state index is -0.292. The van der Waals surface area contributed by atoms with Crippen molar-refractivity contribution in [1.29, 1.82) is 0 Å².